The summed E-state index contributed by atoms with van der Waals surface area (Å²) in [4.78, 5) is 31.1. The second-order valence-electron chi connectivity index (χ2n) is 10.3. The molecule has 38 heavy (non-hydrogen) atoms. The molecule has 1 aliphatic carbocycles. The van der Waals surface area contributed by atoms with Crippen LogP contribution in [0.4, 0.5) is 0 Å². The van der Waals surface area contributed by atoms with E-state index in [1.807, 2.05) is 49.6 Å². The standard InChI is InChI=1S/C31H44N2O4S/c1-4-19-37-33(18-16-24-11-6-5-7-12-24)22-25-14-15-27(28(21-25)26-13-9-8-10-23(26)2)30(34)32-29(31(35)36)17-20-38-3/h8-10,13-15,21,24,29H,4-7,11-12,16-20,22H2,1-3H3,(H,32,34)(H,35,36)/p-1. The third-order valence-corrected chi connectivity index (χ3v) is 7.96. The first-order valence-corrected chi connectivity index (χ1v) is 15.4. The maximum Gasteiger partial charge on any atom is 0.252 e. The largest absolute Gasteiger partial charge is 0.548 e. The van der Waals surface area contributed by atoms with Gasteiger partial charge in [0.25, 0.3) is 5.91 Å². The highest BCUT2D eigenvalue weighted by Gasteiger charge is 2.21. The monoisotopic (exact) mass is 539 g/mol. The average molecular weight is 540 g/mol. The maximum absolute atomic E-state index is 13.3. The number of nitrogens with zero attached hydrogens (tertiary/aromatic N) is 1. The number of amides is 1. The maximum atomic E-state index is 13.3. The molecule has 1 fully saturated rings. The topological polar surface area (TPSA) is 81.7 Å². The number of thioether (sulfide) groups is 1. The first-order valence-electron chi connectivity index (χ1n) is 14.0. The third kappa shape index (κ3) is 9.14. The van der Waals surface area contributed by atoms with Crippen LogP contribution in [0.5, 0.6) is 0 Å². The van der Waals surface area contributed by atoms with Crippen LogP contribution in [0.2, 0.25) is 0 Å². The zero-order chi connectivity index (χ0) is 27.3. The van der Waals surface area contributed by atoms with Crippen molar-refractivity contribution in [2.45, 2.75) is 77.8 Å². The summed E-state index contributed by atoms with van der Waals surface area (Å²) in [6.45, 7) is 6.32. The molecule has 208 valence electrons. The van der Waals surface area contributed by atoms with Gasteiger partial charge in [0.05, 0.1) is 18.6 Å². The number of rotatable bonds is 15. The van der Waals surface area contributed by atoms with Crippen LogP contribution in [0.25, 0.3) is 11.1 Å². The van der Waals surface area contributed by atoms with Gasteiger partial charge in [-0.2, -0.15) is 16.8 Å². The lowest BCUT2D eigenvalue weighted by Gasteiger charge is -2.27. The minimum atomic E-state index is -1.26. The molecule has 1 saturated carbocycles. The van der Waals surface area contributed by atoms with E-state index in [1.54, 1.807) is 0 Å². The molecule has 0 aromatic heterocycles. The molecular weight excluding hydrogens is 496 g/mol. The molecule has 6 nitrogen and oxygen atoms in total. The van der Waals surface area contributed by atoms with Crippen molar-refractivity contribution >= 4 is 23.6 Å². The minimum Gasteiger partial charge on any atom is -0.548 e. The molecule has 1 N–H and O–H groups in total. The Morgan fingerprint density at radius 2 is 1.89 bits per heavy atom. The van der Waals surface area contributed by atoms with Gasteiger partial charge in [-0.15, -0.1) is 0 Å². The van der Waals surface area contributed by atoms with Gasteiger partial charge in [0, 0.05) is 18.7 Å². The lowest BCUT2D eigenvalue weighted by atomic mass is 9.87. The van der Waals surface area contributed by atoms with E-state index in [2.05, 4.69) is 23.4 Å². The van der Waals surface area contributed by atoms with Gasteiger partial charge in [0.15, 0.2) is 0 Å². The Labute approximate surface area is 232 Å². The van der Waals surface area contributed by atoms with Gasteiger partial charge < -0.3 is 15.2 Å². The van der Waals surface area contributed by atoms with E-state index < -0.39 is 17.9 Å². The zero-order valence-corrected chi connectivity index (χ0v) is 24.0. The van der Waals surface area contributed by atoms with E-state index in [4.69, 9.17) is 4.84 Å². The summed E-state index contributed by atoms with van der Waals surface area (Å²) in [6.07, 6.45) is 11.0. The van der Waals surface area contributed by atoms with Gasteiger partial charge in [0.1, 0.15) is 0 Å². The van der Waals surface area contributed by atoms with Crippen LogP contribution in [0.15, 0.2) is 42.5 Å². The normalized spacial score (nSPS) is 14.9. The number of aryl methyl sites for hydroxylation is 1. The predicted octanol–water partition coefficient (Wildman–Crippen LogP) is 5.38. The van der Waals surface area contributed by atoms with Crippen LogP contribution in [-0.2, 0) is 16.2 Å². The Morgan fingerprint density at radius 3 is 2.58 bits per heavy atom. The van der Waals surface area contributed by atoms with E-state index in [0.717, 1.165) is 47.6 Å². The summed E-state index contributed by atoms with van der Waals surface area (Å²) < 4.78 is 0. The first kappa shape index (κ1) is 30.2. The smallest absolute Gasteiger partial charge is 0.252 e. The van der Waals surface area contributed by atoms with E-state index in [0.29, 0.717) is 30.9 Å². The van der Waals surface area contributed by atoms with Crippen LogP contribution >= 0.6 is 11.8 Å². The van der Waals surface area contributed by atoms with E-state index in [9.17, 15) is 14.7 Å². The van der Waals surface area contributed by atoms with Gasteiger partial charge in [0.2, 0.25) is 0 Å². The summed E-state index contributed by atoms with van der Waals surface area (Å²) in [5.41, 5.74) is 4.31. The molecule has 2 aromatic rings. The van der Waals surface area contributed by atoms with Gasteiger partial charge in [-0.1, -0.05) is 69.4 Å². The van der Waals surface area contributed by atoms with Crippen LogP contribution in [0, 0.1) is 12.8 Å². The number of carbonyl (C=O) groups is 2. The SMILES string of the molecule is CCCON(CCC1CCCCC1)Cc1ccc(C(=O)NC(CCSC)C(=O)[O-])c(-c2ccccc2C)c1. The second-order valence-corrected chi connectivity index (χ2v) is 11.3. The summed E-state index contributed by atoms with van der Waals surface area (Å²) in [6, 6.07) is 12.7. The van der Waals surface area contributed by atoms with Gasteiger partial charge >= 0.3 is 0 Å². The van der Waals surface area contributed by atoms with E-state index in [1.165, 1.54) is 43.9 Å². The number of benzene rings is 2. The Kier molecular flexibility index (Phi) is 12.6. The predicted molar refractivity (Wildman–Crippen MR) is 154 cm³/mol. The quantitative estimate of drug-likeness (QED) is 0.306. The zero-order valence-electron chi connectivity index (χ0n) is 23.2. The van der Waals surface area contributed by atoms with Crippen molar-refractivity contribution < 1.29 is 19.5 Å². The molecule has 0 radical (unpaired) electrons. The van der Waals surface area contributed by atoms with Crippen LogP contribution in [-0.4, -0.2) is 48.1 Å². The molecule has 0 spiro atoms. The lowest BCUT2D eigenvalue weighted by Crippen LogP contribution is -2.48. The minimum absolute atomic E-state index is 0.317. The van der Waals surface area contributed by atoms with Crippen molar-refractivity contribution in [2.75, 3.05) is 25.2 Å². The Hall–Kier alpha value is -2.35. The number of hydrogen-bond donors (Lipinski definition) is 1. The molecule has 3 rings (SSSR count). The van der Waals surface area contributed by atoms with Crippen LogP contribution in [0.3, 0.4) is 0 Å². The Bertz CT molecular complexity index is 1040. The molecule has 2 aromatic carbocycles. The van der Waals surface area contributed by atoms with Crippen molar-refractivity contribution in [2.24, 2.45) is 5.92 Å². The highest BCUT2D eigenvalue weighted by molar-refractivity contribution is 7.98. The number of carboxylic acid groups (broad SMARTS) is 1. The number of nitrogens with one attached hydrogen (secondary N) is 1. The van der Waals surface area contributed by atoms with Crippen LogP contribution in [0.1, 0.15) is 79.8 Å². The molecule has 1 amide bonds. The molecular formula is C31H43N2O4S-. The van der Waals surface area contributed by atoms with Crippen molar-refractivity contribution in [3.8, 4) is 11.1 Å². The molecule has 0 aliphatic heterocycles. The fourth-order valence-corrected chi connectivity index (χ4v) is 5.59. The molecule has 1 unspecified atom stereocenters. The number of carboxylic acids is 1. The lowest BCUT2D eigenvalue weighted by molar-refractivity contribution is -0.308. The second kappa shape index (κ2) is 15.9. The van der Waals surface area contributed by atoms with Crippen molar-refractivity contribution in [1.29, 1.82) is 0 Å². The molecule has 1 atom stereocenters. The van der Waals surface area contributed by atoms with Crippen LogP contribution < -0.4 is 10.4 Å². The molecule has 0 bridgehead atoms. The van der Waals surface area contributed by atoms with Gasteiger partial charge in [-0.05, 0) is 78.5 Å². The summed E-state index contributed by atoms with van der Waals surface area (Å²) in [5.74, 6) is -0.269. The molecule has 0 heterocycles. The number of aliphatic carboxylic acids is 1. The number of hydrogen-bond acceptors (Lipinski definition) is 6. The van der Waals surface area contributed by atoms with Gasteiger partial charge in [-0.3, -0.25) is 9.63 Å². The summed E-state index contributed by atoms with van der Waals surface area (Å²) in [7, 11) is 0. The third-order valence-electron chi connectivity index (χ3n) is 7.31. The number of carbonyl (C=O) groups excluding carboxylic acids is 2. The van der Waals surface area contributed by atoms with Crippen molar-refractivity contribution in [1.82, 2.24) is 10.4 Å². The van der Waals surface area contributed by atoms with Crippen molar-refractivity contribution in [3.63, 3.8) is 0 Å². The van der Waals surface area contributed by atoms with Gasteiger partial charge in [-0.25, -0.2) is 0 Å². The Morgan fingerprint density at radius 1 is 1.13 bits per heavy atom. The fourth-order valence-electron chi connectivity index (χ4n) is 5.12. The first-order chi connectivity index (χ1) is 18.4. The number of hydroxylamine groups is 2. The molecule has 1 aliphatic rings. The average Bonchev–Trinajstić information content (AvgIpc) is 2.93. The van der Waals surface area contributed by atoms with E-state index in [-0.39, 0.29) is 0 Å². The Balaban J connectivity index is 1.85. The summed E-state index contributed by atoms with van der Waals surface area (Å²) >= 11 is 1.54. The molecule has 7 heteroatoms. The molecule has 0 saturated heterocycles. The van der Waals surface area contributed by atoms with Crippen molar-refractivity contribution in [3.05, 3.63) is 59.2 Å². The summed E-state index contributed by atoms with van der Waals surface area (Å²) in [5, 5.41) is 16.4. The van der Waals surface area contributed by atoms with E-state index >= 15 is 0 Å². The highest BCUT2D eigenvalue weighted by Crippen LogP contribution is 2.30. The highest BCUT2D eigenvalue weighted by atomic mass is 32.2. The fraction of sp³-hybridized carbons (Fsp3) is 0.548.